The molecule has 0 aliphatic carbocycles. The van der Waals surface area contributed by atoms with Gasteiger partial charge in [-0.15, -0.1) is 11.8 Å². The Hall–Kier alpha value is -3.09. The van der Waals surface area contributed by atoms with Crippen LogP contribution in [0.2, 0.25) is 0 Å². The Morgan fingerprint density at radius 1 is 0.947 bits per heavy atom. The number of ether oxygens (including phenoxy) is 2. The number of carbonyl (C=O) groups is 2. The van der Waals surface area contributed by atoms with E-state index >= 15 is 0 Å². The van der Waals surface area contributed by atoms with Gasteiger partial charge in [0.1, 0.15) is 6.61 Å². The van der Waals surface area contributed by atoms with E-state index in [0.717, 1.165) is 22.4 Å². The standard InChI is InChI=1S/C32H35NO4S/c1-23(2)18-25(30(34)33-28(21-36-31(33)35)19-24-12-6-3-7-13-24)20-29-22-38-32(37-29,26-14-8-4-9-15-26)27-16-10-5-11-17-27/h3-17,23,25,28-29H,18-22H2,1-2H3/t25-,28?,29?/m1/s1. The van der Waals surface area contributed by atoms with Gasteiger partial charge in [-0.3, -0.25) is 4.79 Å². The average molecular weight is 530 g/mol. The van der Waals surface area contributed by atoms with Gasteiger partial charge in [-0.25, -0.2) is 9.69 Å². The van der Waals surface area contributed by atoms with Crippen LogP contribution in [0.3, 0.4) is 0 Å². The summed E-state index contributed by atoms with van der Waals surface area (Å²) < 4.78 is 12.2. The smallest absolute Gasteiger partial charge is 0.416 e. The van der Waals surface area contributed by atoms with E-state index in [1.165, 1.54) is 4.90 Å². The molecule has 2 aliphatic heterocycles. The van der Waals surface area contributed by atoms with Crippen molar-refractivity contribution in [2.24, 2.45) is 11.8 Å². The number of cyclic esters (lactones) is 1. The van der Waals surface area contributed by atoms with Crippen LogP contribution in [0.1, 0.15) is 43.4 Å². The zero-order chi connectivity index (χ0) is 26.5. The number of thioether (sulfide) groups is 1. The summed E-state index contributed by atoms with van der Waals surface area (Å²) in [5.74, 6) is 0.598. The van der Waals surface area contributed by atoms with Gasteiger partial charge in [0.2, 0.25) is 5.91 Å². The molecule has 0 bridgehead atoms. The SMILES string of the molecule is CC(C)C[C@H](CC1CSC(c2ccccc2)(c2ccccc2)O1)C(=O)N1C(=O)OCC1Cc1ccccc1. The first-order valence-corrected chi connectivity index (χ1v) is 14.4. The summed E-state index contributed by atoms with van der Waals surface area (Å²) in [7, 11) is 0. The summed E-state index contributed by atoms with van der Waals surface area (Å²) >= 11 is 1.77. The van der Waals surface area contributed by atoms with E-state index in [4.69, 9.17) is 9.47 Å². The summed E-state index contributed by atoms with van der Waals surface area (Å²) in [5, 5.41) is 0. The summed E-state index contributed by atoms with van der Waals surface area (Å²) in [6, 6.07) is 30.2. The number of benzene rings is 3. The second kappa shape index (κ2) is 11.7. The zero-order valence-corrected chi connectivity index (χ0v) is 22.8. The molecule has 0 radical (unpaired) electrons. The molecule has 0 spiro atoms. The minimum Gasteiger partial charge on any atom is -0.447 e. The molecule has 3 aromatic rings. The van der Waals surface area contributed by atoms with E-state index < -0.39 is 11.0 Å². The van der Waals surface area contributed by atoms with Gasteiger partial charge in [0.15, 0.2) is 4.93 Å². The van der Waals surface area contributed by atoms with Crippen LogP contribution >= 0.6 is 11.8 Å². The summed E-state index contributed by atoms with van der Waals surface area (Å²) in [5.41, 5.74) is 3.27. The van der Waals surface area contributed by atoms with Crippen molar-refractivity contribution in [3.63, 3.8) is 0 Å². The number of imide groups is 1. The van der Waals surface area contributed by atoms with Crippen LogP contribution in [-0.4, -0.2) is 41.4 Å². The highest BCUT2D eigenvalue weighted by Gasteiger charge is 2.47. The Morgan fingerprint density at radius 3 is 2.11 bits per heavy atom. The maximum atomic E-state index is 13.9. The number of hydrogen-bond donors (Lipinski definition) is 0. The quantitative estimate of drug-likeness (QED) is 0.310. The Balaban J connectivity index is 1.37. The molecule has 0 aromatic heterocycles. The molecule has 2 fully saturated rings. The molecule has 2 saturated heterocycles. The van der Waals surface area contributed by atoms with Gasteiger partial charge in [-0.2, -0.15) is 0 Å². The van der Waals surface area contributed by atoms with E-state index in [9.17, 15) is 9.59 Å². The second-order valence-corrected chi connectivity index (χ2v) is 11.8. The van der Waals surface area contributed by atoms with E-state index in [2.05, 4.69) is 38.1 Å². The number of nitrogens with zero attached hydrogens (tertiary/aromatic N) is 1. The third kappa shape index (κ3) is 5.67. The van der Waals surface area contributed by atoms with Crippen molar-refractivity contribution in [3.05, 3.63) is 108 Å². The molecule has 0 N–H and O–H groups in total. The lowest BCUT2D eigenvalue weighted by molar-refractivity contribution is -0.135. The van der Waals surface area contributed by atoms with Crippen LogP contribution in [0, 0.1) is 11.8 Å². The van der Waals surface area contributed by atoms with Crippen molar-refractivity contribution in [1.29, 1.82) is 0 Å². The molecule has 0 saturated carbocycles. The maximum absolute atomic E-state index is 13.9. The number of amides is 2. The number of hydrogen-bond acceptors (Lipinski definition) is 5. The Bertz CT molecular complexity index is 1180. The molecule has 2 heterocycles. The van der Waals surface area contributed by atoms with Crippen molar-refractivity contribution in [3.8, 4) is 0 Å². The maximum Gasteiger partial charge on any atom is 0.416 e. The molecular formula is C32H35NO4S. The molecule has 6 heteroatoms. The largest absolute Gasteiger partial charge is 0.447 e. The first-order valence-electron chi connectivity index (χ1n) is 13.4. The van der Waals surface area contributed by atoms with Gasteiger partial charge in [0.05, 0.1) is 12.1 Å². The molecule has 2 amide bonds. The highest BCUT2D eigenvalue weighted by Crippen LogP contribution is 2.51. The summed E-state index contributed by atoms with van der Waals surface area (Å²) in [6.45, 7) is 4.47. The van der Waals surface area contributed by atoms with E-state index in [1.54, 1.807) is 11.8 Å². The fraction of sp³-hybridized carbons (Fsp3) is 0.375. The van der Waals surface area contributed by atoms with Crippen LogP contribution < -0.4 is 0 Å². The third-order valence-corrected chi connectivity index (χ3v) is 8.79. The molecule has 3 atom stereocenters. The van der Waals surface area contributed by atoms with Crippen LogP contribution in [0.4, 0.5) is 4.79 Å². The fourth-order valence-corrected chi connectivity index (χ4v) is 7.00. The van der Waals surface area contributed by atoms with Crippen molar-refractivity contribution >= 4 is 23.8 Å². The monoisotopic (exact) mass is 529 g/mol. The van der Waals surface area contributed by atoms with Gasteiger partial charge in [-0.05, 0) is 41.9 Å². The predicted molar refractivity (Wildman–Crippen MR) is 151 cm³/mol. The van der Waals surface area contributed by atoms with E-state index in [1.807, 2.05) is 66.7 Å². The van der Waals surface area contributed by atoms with Gasteiger partial charge in [0.25, 0.3) is 0 Å². The predicted octanol–water partition coefficient (Wildman–Crippen LogP) is 6.66. The minimum absolute atomic E-state index is 0.126. The summed E-state index contributed by atoms with van der Waals surface area (Å²) in [4.78, 5) is 27.5. The van der Waals surface area contributed by atoms with Crippen molar-refractivity contribution in [1.82, 2.24) is 4.90 Å². The molecular weight excluding hydrogens is 494 g/mol. The van der Waals surface area contributed by atoms with Crippen LogP contribution in [0.5, 0.6) is 0 Å². The Kier molecular flexibility index (Phi) is 8.20. The van der Waals surface area contributed by atoms with Crippen LogP contribution in [-0.2, 0) is 25.6 Å². The first-order chi connectivity index (χ1) is 18.5. The fourth-order valence-electron chi connectivity index (χ4n) is 5.56. The van der Waals surface area contributed by atoms with Gasteiger partial charge in [-0.1, -0.05) is 105 Å². The molecule has 198 valence electrons. The van der Waals surface area contributed by atoms with Crippen LogP contribution in [0.15, 0.2) is 91.0 Å². The molecule has 38 heavy (non-hydrogen) atoms. The molecule has 2 aliphatic rings. The lowest BCUT2D eigenvalue weighted by atomic mass is 9.90. The lowest BCUT2D eigenvalue weighted by Crippen LogP contribution is -2.44. The zero-order valence-electron chi connectivity index (χ0n) is 22.0. The average Bonchev–Trinajstić information content (AvgIpc) is 3.53. The summed E-state index contributed by atoms with van der Waals surface area (Å²) in [6.07, 6.45) is 1.18. The van der Waals surface area contributed by atoms with Crippen molar-refractivity contribution in [2.45, 2.75) is 50.2 Å². The second-order valence-electron chi connectivity index (χ2n) is 10.6. The van der Waals surface area contributed by atoms with E-state index in [-0.39, 0.29) is 30.6 Å². The lowest BCUT2D eigenvalue weighted by Gasteiger charge is -2.31. The van der Waals surface area contributed by atoms with Gasteiger partial charge >= 0.3 is 6.09 Å². The molecule has 2 unspecified atom stereocenters. The first kappa shape index (κ1) is 26.5. The number of rotatable bonds is 9. The highest BCUT2D eigenvalue weighted by molar-refractivity contribution is 8.00. The van der Waals surface area contributed by atoms with Crippen molar-refractivity contribution in [2.75, 3.05) is 12.4 Å². The highest BCUT2D eigenvalue weighted by atomic mass is 32.2. The van der Waals surface area contributed by atoms with E-state index in [0.29, 0.717) is 25.2 Å². The topological polar surface area (TPSA) is 55.8 Å². The normalized spacial score (nSPS) is 21.4. The Morgan fingerprint density at radius 2 is 1.53 bits per heavy atom. The third-order valence-electron chi connectivity index (χ3n) is 7.28. The molecule has 5 nitrogen and oxygen atoms in total. The molecule has 3 aromatic carbocycles. The van der Waals surface area contributed by atoms with Crippen LogP contribution in [0.25, 0.3) is 0 Å². The minimum atomic E-state index is -0.624. The molecule has 5 rings (SSSR count). The van der Waals surface area contributed by atoms with Gasteiger partial charge in [0, 0.05) is 11.7 Å². The van der Waals surface area contributed by atoms with Gasteiger partial charge < -0.3 is 9.47 Å². The number of carbonyl (C=O) groups excluding carboxylic acids is 2. The van der Waals surface area contributed by atoms with Crippen molar-refractivity contribution < 1.29 is 19.1 Å². The Labute approximate surface area is 229 Å².